The highest BCUT2D eigenvalue weighted by molar-refractivity contribution is 6.29. The number of rotatable bonds is 6. The van der Waals surface area contributed by atoms with Crippen LogP contribution in [0.5, 0.6) is 0 Å². The number of anilines is 2. The molecule has 0 bridgehead atoms. The van der Waals surface area contributed by atoms with Crippen LogP contribution in [0.3, 0.4) is 0 Å². The van der Waals surface area contributed by atoms with E-state index in [9.17, 15) is 4.79 Å². The average molecular weight is 319 g/mol. The van der Waals surface area contributed by atoms with Crippen molar-refractivity contribution in [1.82, 2.24) is 4.98 Å². The Balaban J connectivity index is 2.15. The Hall–Kier alpha value is -2.27. The third-order valence-corrected chi connectivity index (χ3v) is 3.43. The summed E-state index contributed by atoms with van der Waals surface area (Å²) in [5, 5.41) is 3.66. The Kier molecular flexibility index (Phi) is 5.22. The van der Waals surface area contributed by atoms with E-state index in [1.165, 1.54) is 0 Å². The molecule has 2 aromatic rings. The smallest absolute Gasteiger partial charge is 0.221 e. The van der Waals surface area contributed by atoms with E-state index in [4.69, 9.17) is 17.3 Å². The molecule has 0 fully saturated rings. The molecule has 0 saturated heterocycles. The van der Waals surface area contributed by atoms with Crippen LogP contribution in [0.25, 0.3) is 0 Å². The lowest BCUT2D eigenvalue weighted by atomic mass is 10.1. The molecule has 0 unspecified atom stereocenters. The van der Waals surface area contributed by atoms with E-state index >= 15 is 0 Å². The van der Waals surface area contributed by atoms with Crippen molar-refractivity contribution >= 4 is 28.9 Å². The number of nitrogens with two attached hydrogens (primary N) is 1. The lowest BCUT2D eigenvalue weighted by Gasteiger charge is -2.15. The average Bonchev–Trinajstić information content (AvgIpc) is 2.47. The van der Waals surface area contributed by atoms with E-state index < -0.39 is 5.91 Å². The second-order valence-electron chi connectivity index (χ2n) is 5.23. The van der Waals surface area contributed by atoms with Gasteiger partial charge < -0.3 is 16.0 Å². The molecule has 116 valence electrons. The summed E-state index contributed by atoms with van der Waals surface area (Å²) in [5.41, 5.74) is 9.03. The standard InChI is InChI=1S/C16H19ClN4O/c1-21(2)13-5-3-4-11(6-13)9-19-14-8-15(17)20-10-12(14)7-16(18)22/h3-6,8,10H,7,9H2,1-2H3,(H2,18,22)(H,19,20). The van der Waals surface area contributed by atoms with Crippen LogP contribution in [0.15, 0.2) is 36.5 Å². The minimum atomic E-state index is -0.401. The molecule has 0 radical (unpaired) electrons. The van der Waals surface area contributed by atoms with E-state index in [-0.39, 0.29) is 6.42 Å². The molecule has 22 heavy (non-hydrogen) atoms. The number of nitrogens with zero attached hydrogens (tertiary/aromatic N) is 2. The topological polar surface area (TPSA) is 71.2 Å². The Bertz CT molecular complexity index is 673. The monoisotopic (exact) mass is 318 g/mol. The highest BCUT2D eigenvalue weighted by Gasteiger charge is 2.08. The molecule has 1 heterocycles. The van der Waals surface area contributed by atoms with Gasteiger partial charge in [-0.05, 0) is 23.8 Å². The number of aromatic nitrogens is 1. The van der Waals surface area contributed by atoms with Gasteiger partial charge in [0.05, 0.1) is 6.42 Å². The predicted octanol–water partition coefficient (Wildman–Crippen LogP) is 2.44. The van der Waals surface area contributed by atoms with Crippen molar-refractivity contribution in [3.05, 3.63) is 52.8 Å². The summed E-state index contributed by atoms with van der Waals surface area (Å²) in [7, 11) is 4.00. The molecular formula is C16H19ClN4O. The highest BCUT2D eigenvalue weighted by atomic mass is 35.5. The molecule has 1 aromatic carbocycles. The van der Waals surface area contributed by atoms with Gasteiger partial charge in [0.15, 0.2) is 0 Å². The van der Waals surface area contributed by atoms with Crippen LogP contribution in [0.4, 0.5) is 11.4 Å². The van der Waals surface area contributed by atoms with Gasteiger partial charge in [0.25, 0.3) is 0 Å². The normalized spacial score (nSPS) is 10.3. The minimum Gasteiger partial charge on any atom is -0.381 e. The summed E-state index contributed by atoms with van der Waals surface area (Å²) < 4.78 is 0. The van der Waals surface area contributed by atoms with E-state index in [1.807, 2.05) is 37.2 Å². The fourth-order valence-electron chi connectivity index (χ4n) is 2.09. The molecule has 1 amide bonds. The molecule has 0 atom stereocenters. The summed E-state index contributed by atoms with van der Waals surface area (Å²) in [6.07, 6.45) is 1.70. The Morgan fingerprint density at radius 1 is 1.36 bits per heavy atom. The van der Waals surface area contributed by atoms with Crippen LogP contribution in [0, 0.1) is 0 Å². The van der Waals surface area contributed by atoms with E-state index in [2.05, 4.69) is 16.4 Å². The summed E-state index contributed by atoms with van der Waals surface area (Å²) in [4.78, 5) is 17.2. The lowest BCUT2D eigenvalue weighted by molar-refractivity contribution is -0.117. The molecule has 6 heteroatoms. The third kappa shape index (κ3) is 4.36. The fourth-order valence-corrected chi connectivity index (χ4v) is 2.25. The molecule has 5 nitrogen and oxygen atoms in total. The number of halogens is 1. The van der Waals surface area contributed by atoms with Gasteiger partial charge in [0.2, 0.25) is 5.91 Å². The van der Waals surface area contributed by atoms with Crippen LogP contribution < -0.4 is 16.0 Å². The van der Waals surface area contributed by atoms with Gasteiger partial charge in [-0.25, -0.2) is 4.98 Å². The second kappa shape index (κ2) is 7.13. The molecule has 0 aliphatic carbocycles. The first kappa shape index (κ1) is 16.1. The first-order valence-electron chi connectivity index (χ1n) is 6.88. The molecule has 0 aliphatic rings. The van der Waals surface area contributed by atoms with Crippen molar-refractivity contribution in [2.24, 2.45) is 5.73 Å². The number of hydrogen-bond donors (Lipinski definition) is 2. The summed E-state index contributed by atoms with van der Waals surface area (Å²) in [6, 6.07) is 9.90. The van der Waals surface area contributed by atoms with Crippen molar-refractivity contribution in [2.45, 2.75) is 13.0 Å². The molecule has 3 N–H and O–H groups in total. The number of hydrogen-bond acceptors (Lipinski definition) is 4. The van der Waals surface area contributed by atoms with Gasteiger partial charge in [-0.1, -0.05) is 23.7 Å². The fraction of sp³-hybridized carbons (Fsp3) is 0.250. The van der Waals surface area contributed by atoms with Gasteiger partial charge in [-0.3, -0.25) is 4.79 Å². The number of carbonyl (C=O) groups is 1. The van der Waals surface area contributed by atoms with Gasteiger partial charge in [-0.2, -0.15) is 0 Å². The maximum absolute atomic E-state index is 11.1. The Morgan fingerprint density at radius 3 is 2.82 bits per heavy atom. The SMILES string of the molecule is CN(C)c1cccc(CNc2cc(Cl)ncc2CC(N)=O)c1. The maximum Gasteiger partial charge on any atom is 0.221 e. The number of pyridine rings is 1. The Morgan fingerprint density at radius 2 is 2.14 bits per heavy atom. The molecule has 0 spiro atoms. The summed E-state index contributed by atoms with van der Waals surface area (Å²) in [6.45, 7) is 0.619. The van der Waals surface area contributed by atoms with Crippen LogP contribution in [0.2, 0.25) is 5.15 Å². The van der Waals surface area contributed by atoms with Crippen LogP contribution in [-0.4, -0.2) is 25.0 Å². The summed E-state index contributed by atoms with van der Waals surface area (Å²) >= 11 is 5.93. The van der Waals surface area contributed by atoms with Crippen molar-refractivity contribution in [1.29, 1.82) is 0 Å². The van der Waals surface area contributed by atoms with Gasteiger partial charge in [0, 0.05) is 43.8 Å². The zero-order valence-electron chi connectivity index (χ0n) is 12.6. The zero-order valence-corrected chi connectivity index (χ0v) is 13.4. The molecule has 2 rings (SSSR count). The molecule has 0 aliphatic heterocycles. The lowest BCUT2D eigenvalue weighted by Crippen LogP contribution is -2.15. The molecule has 1 aromatic heterocycles. The highest BCUT2D eigenvalue weighted by Crippen LogP contribution is 2.21. The third-order valence-electron chi connectivity index (χ3n) is 3.23. The summed E-state index contributed by atoms with van der Waals surface area (Å²) in [5.74, 6) is -0.401. The van der Waals surface area contributed by atoms with E-state index in [0.717, 1.165) is 22.5 Å². The second-order valence-corrected chi connectivity index (χ2v) is 5.61. The quantitative estimate of drug-likeness (QED) is 0.803. The van der Waals surface area contributed by atoms with Crippen LogP contribution in [0.1, 0.15) is 11.1 Å². The van der Waals surface area contributed by atoms with Crippen molar-refractivity contribution in [2.75, 3.05) is 24.3 Å². The van der Waals surface area contributed by atoms with Gasteiger partial charge in [0.1, 0.15) is 5.15 Å². The number of primary amides is 1. The van der Waals surface area contributed by atoms with Crippen LogP contribution >= 0.6 is 11.6 Å². The molecule has 0 saturated carbocycles. The van der Waals surface area contributed by atoms with Gasteiger partial charge in [-0.15, -0.1) is 0 Å². The first-order chi connectivity index (χ1) is 10.5. The number of amides is 1. The van der Waals surface area contributed by atoms with Crippen LogP contribution in [-0.2, 0) is 17.8 Å². The predicted molar refractivity (Wildman–Crippen MR) is 90.2 cm³/mol. The molecular weight excluding hydrogens is 300 g/mol. The van der Waals surface area contributed by atoms with Crippen molar-refractivity contribution in [3.63, 3.8) is 0 Å². The van der Waals surface area contributed by atoms with Crippen molar-refractivity contribution in [3.8, 4) is 0 Å². The number of nitrogens with one attached hydrogen (secondary N) is 1. The number of benzene rings is 1. The Labute approximate surface area is 135 Å². The zero-order chi connectivity index (χ0) is 16.1. The van der Waals surface area contributed by atoms with Gasteiger partial charge >= 0.3 is 0 Å². The minimum absolute atomic E-state index is 0.129. The van der Waals surface area contributed by atoms with E-state index in [0.29, 0.717) is 11.7 Å². The first-order valence-corrected chi connectivity index (χ1v) is 7.26. The van der Waals surface area contributed by atoms with Crippen molar-refractivity contribution < 1.29 is 4.79 Å². The van der Waals surface area contributed by atoms with E-state index in [1.54, 1.807) is 12.3 Å². The largest absolute Gasteiger partial charge is 0.381 e. The maximum atomic E-state index is 11.1. The number of carbonyl (C=O) groups excluding carboxylic acids is 1.